The number of aryl methyl sites for hydroxylation is 1. The number of imidazole rings is 1. The molecule has 1 aromatic heterocycles. The third-order valence-electron chi connectivity index (χ3n) is 3.35. The van der Waals surface area contributed by atoms with E-state index in [1.54, 1.807) is 12.1 Å². The number of nitrogens with zero attached hydrogens (tertiary/aromatic N) is 3. The minimum absolute atomic E-state index is 0. The van der Waals surface area contributed by atoms with E-state index in [-0.39, 0.29) is 18.4 Å². The quantitative estimate of drug-likeness (QED) is 0.484. The van der Waals surface area contributed by atoms with Crippen LogP contribution in [0.4, 0.5) is 0 Å². The zero-order valence-electron chi connectivity index (χ0n) is 12.7. The number of unbranched alkanes of at least 4 members (excludes halogenated alkanes) is 3. The minimum Gasteiger partial charge on any atom is -0.370 e. The van der Waals surface area contributed by atoms with Crippen LogP contribution in [0.1, 0.15) is 43.0 Å². The second kappa shape index (κ2) is 8.38. The molecular weight excluding hydrogens is 302 g/mol. The van der Waals surface area contributed by atoms with E-state index in [1.165, 1.54) is 19.3 Å². The Morgan fingerprint density at radius 3 is 2.73 bits per heavy atom. The molecule has 1 heterocycles. The summed E-state index contributed by atoms with van der Waals surface area (Å²) in [4.78, 5) is 19.6. The molecule has 0 atom stereocenters. The van der Waals surface area contributed by atoms with Gasteiger partial charge in [-0.3, -0.25) is 4.79 Å². The van der Waals surface area contributed by atoms with Gasteiger partial charge in [-0.2, -0.15) is 4.99 Å². The summed E-state index contributed by atoms with van der Waals surface area (Å²) in [5.74, 6) is -0.684. The fourth-order valence-electron chi connectivity index (χ4n) is 2.27. The largest absolute Gasteiger partial charge is 0.370 e. The van der Waals surface area contributed by atoms with Gasteiger partial charge in [-0.25, -0.2) is 4.98 Å². The monoisotopic (exact) mass is 323 g/mol. The number of halogens is 1. The Labute approximate surface area is 136 Å². The normalized spacial score (nSPS) is 10.2. The van der Waals surface area contributed by atoms with Crippen molar-refractivity contribution < 1.29 is 4.79 Å². The number of carbonyl (C=O) groups excluding carboxylic acids is 1. The molecule has 6 nitrogen and oxygen atoms in total. The zero-order valence-corrected chi connectivity index (χ0v) is 13.5. The summed E-state index contributed by atoms with van der Waals surface area (Å²) in [7, 11) is 0. The average Bonchev–Trinajstić information content (AvgIpc) is 2.85. The number of rotatable bonds is 6. The minimum atomic E-state index is -0.450. The molecule has 0 aliphatic heterocycles. The smallest absolute Gasteiger partial charge is 0.280 e. The van der Waals surface area contributed by atoms with Crippen molar-refractivity contribution in [2.75, 3.05) is 0 Å². The van der Waals surface area contributed by atoms with E-state index in [0.29, 0.717) is 5.56 Å². The number of fused-ring (bicyclic) bond motifs is 1. The van der Waals surface area contributed by atoms with Crippen molar-refractivity contribution in [3.8, 4) is 0 Å². The first-order valence-electron chi connectivity index (χ1n) is 7.20. The van der Waals surface area contributed by atoms with Crippen LogP contribution in [0.15, 0.2) is 29.5 Å². The SMILES string of the molecule is CCCCCCn1cnc2cc(C(=O)N=C(N)N)ccc21.Cl. The first-order valence-corrected chi connectivity index (χ1v) is 7.20. The lowest BCUT2D eigenvalue weighted by Gasteiger charge is -2.04. The lowest BCUT2D eigenvalue weighted by molar-refractivity contribution is 0.100. The number of amides is 1. The number of aliphatic imine (C=N–C) groups is 1. The molecule has 0 saturated carbocycles. The lowest BCUT2D eigenvalue weighted by atomic mass is 10.2. The summed E-state index contributed by atoms with van der Waals surface area (Å²) >= 11 is 0. The van der Waals surface area contributed by atoms with E-state index in [2.05, 4.69) is 21.5 Å². The molecule has 0 saturated heterocycles. The van der Waals surface area contributed by atoms with E-state index in [4.69, 9.17) is 11.5 Å². The highest BCUT2D eigenvalue weighted by molar-refractivity contribution is 6.03. The third-order valence-corrected chi connectivity index (χ3v) is 3.35. The van der Waals surface area contributed by atoms with Gasteiger partial charge < -0.3 is 16.0 Å². The number of hydrogen-bond donors (Lipinski definition) is 2. The van der Waals surface area contributed by atoms with Crippen LogP contribution in [0.2, 0.25) is 0 Å². The van der Waals surface area contributed by atoms with Crippen LogP contribution in [-0.4, -0.2) is 21.4 Å². The van der Waals surface area contributed by atoms with Gasteiger partial charge in [-0.15, -0.1) is 12.4 Å². The van der Waals surface area contributed by atoms with Crippen LogP contribution in [-0.2, 0) is 6.54 Å². The van der Waals surface area contributed by atoms with E-state index in [1.807, 2.05) is 12.4 Å². The van der Waals surface area contributed by atoms with Gasteiger partial charge in [0, 0.05) is 12.1 Å². The molecule has 120 valence electrons. The first kappa shape index (κ1) is 18.0. The van der Waals surface area contributed by atoms with Crippen molar-refractivity contribution in [1.82, 2.24) is 9.55 Å². The van der Waals surface area contributed by atoms with E-state index >= 15 is 0 Å². The van der Waals surface area contributed by atoms with Crippen molar-refractivity contribution in [3.05, 3.63) is 30.1 Å². The van der Waals surface area contributed by atoms with Gasteiger partial charge in [0.1, 0.15) is 0 Å². The second-order valence-electron chi connectivity index (χ2n) is 5.04. The van der Waals surface area contributed by atoms with Gasteiger partial charge >= 0.3 is 0 Å². The van der Waals surface area contributed by atoms with Crippen LogP contribution in [0.25, 0.3) is 11.0 Å². The van der Waals surface area contributed by atoms with Crippen LogP contribution < -0.4 is 11.5 Å². The maximum absolute atomic E-state index is 11.8. The van der Waals surface area contributed by atoms with Crippen molar-refractivity contribution in [2.24, 2.45) is 16.5 Å². The summed E-state index contributed by atoms with van der Waals surface area (Å²) in [6.07, 6.45) is 6.64. The maximum Gasteiger partial charge on any atom is 0.280 e. The Bertz CT molecular complexity index is 661. The van der Waals surface area contributed by atoms with E-state index in [0.717, 1.165) is 24.0 Å². The fraction of sp³-hybridized carbons (Fsp3) is 0.400. The van der Waals surface area contributed by atoms with Gasteiger partial charge in [-0.1, -0.05) is 26.2 Å². The molecule has 0 aliphatic rings. The highest BCUT2D eigenvalue weighted by Crippen LogP contribution is 2.16. The molecule has 2 rings (SSSR count). The summed E-state index contributed by atoms with van der Waals surface area (Å²) in [6.45, 7) is 3.14. The first-order chi connectivity index (χ1) is 10.1. The van der Waals surface area contributed by atoms with Gasteiger partial charge in [0.2, 0.25) is 0 Å². The van der Waals surface area contributed by atoms with Crippen LogP contribution in [0.3, 0.4) is 0 Å². The van der Waals surface area contributed by atoms with Crippen LogP contribution in [0, 0.1) is 0 Å². The fourth-order valence-corrected chi connectivity index (χ4v) is 2.27. The highest BCUT2D eigenvalue weighted by atomic mass is 35.5. The second-order valence-corrected chi connectivity index (χ2v) is 5.04. The number of nitrogens with two attached hydrogens (primary N) is 2. The number of hydrogen-bond acceptors (Lipinski definition) is 2. The molecule has 1 aromatic carbocycles. The predicted octanol–water partition coefficient (Wildman–Crippen LogP) is 2.45. The average molecular weight is 324 g/mol. The number of carbonyl (C=O) groups is 1. The van der Waals surface area contributed by atoms with Crippen molar-refractivity contribution in [3.63, 3.8) is 0 Å². The summed E-state index contributed by atoms with van der Waals surface area (Å²) in [5.41, 5.74) is 12.7. The van der Waals surface area contributed by atoms with Gasteiger partial charge in [0.25, 0.3) is 5.91 Å². The molecule has 22 heavy (non-hydrogen) atoms. The third kappa shape index (κ3) is 4.46. The maximum atomic E-state index is 11.8. The van der Waals surface area contributed by atoms with Gasteiger partial charge in [-0.05, 0) is 24.6 Å². The predicted molar refractivity (Wildman–Crippen MR) is 91.3 cm³/mol. The Kier molecular flexibility index (Phi) is 6.85. The van der Waals surface area contributed by atoms with Gasteiger partial charge in [0.15, 0.2) is 5.96 Å². The van der Waals surface area contributed by atoms with Crippen molar-refractivity contribution in [2.45, 2.75) is 39.2 Å². The van der Waals surface area contributed by atoms with E-state index < -0.39 is 5.91 Å². The molecule has 0 bridgehead atoms. The highest BCUT2D eigenvalue weighted by Gasteiger charge is 2.08. The number of benzene rings is 1. The molecule has 0 aliphatic carbocycles. The van der Waals surface area contributed by atoms with Crippen LogP contribution in [0.5, 0.6) is 0 Å². The van der Waals surface area contributed by atoms with Gasteiger partial charge in [0.05, 0.1) is 17.4 Å². The Morgan fingerprint density at radius 1 is 1.27 bits per heavy atom. The molecule has 4 N–H and O–H groups in total. The molecule has 0 spiro atoms. The summed E-state index contributed by atoms with van der Waals surface area (Å²) in [6, 6.07) is 5.32. The molecule has 0 fully saturated rings. The van der Waals surface area contributed by atoms with E-state index in [9.17, 15) is 4.79 Å². The standard InChI is InChI=1S/C15H21N5O.ClH/c1-2-3-4-5-8-20-10-18-12-9-11(6-7-13(12)20)14(21)19-15(16)17;/h6-7,9-10H,2-5,8H2,1H3,(H4,16,17,19,21);1H. The molecule has 0 radical (unpaired) electrons. The Balaban J connectivity index is 0.00000242. The molecule has 2 aromatic rings. The molecular formula is C15H22ClN5O. The van der Waals surface area contributed by atoms with Crippen LogP contribution >= 0.6 is 12.4 Å². The number of aromatic nitrogens is 2. The van der Waals surface area contributed by atoms with Crippen molar-refractivity contribution >= 4 is 35.3 Å². The Hall–Kier alpha value is -2.08. The molecule has 0 unspecified atom stereocenters. The molecule has 7 heteroatoms. The number of guanidine groups is 1. The zero-order chi connectivity index (χ0) is 15.2. The summed E-state index contributed by atoms with van der Waals surface area (Å²) < 4.78 is 2.11. The topological polar surface area (TPSA) is 99.3 Å². The van der Waals surface area contributed by atoms with Crippen molar-refractivity contribution in [1.29, 1.82) is 0 Å². The summed E-state index contributed by atoms with van der Waals surface area (Å²) in [5, 5.41) is 0. The molecule has 1 amide bonds. The lowest BCUT2D eigenvalue weighted by Crippen LogP contribution is -2.24. The Morgan fingerprint density at radius 2 is 2.05 bits per heavy atom.